The van der Waals surface area contributed by atoms with Gasteiger partial charge in [-0.3, -0.25) is 4.79 Å². The summed E-state index contributed by atoms with van der Waals surface area (Å²) in [6.45, 7) is 15.4. The van der Waals surface area contributed by atoms with Crippen LogP contribution in [-0.2, 0) is 11.2 Å². The molecule has 1 aromatic rings. The van der Waals surface area contributed by atoms with E-state index in [1.807, 2.05) is 6.92 Å². The number of fused-ring (bicyclic) bond motifs is 1. The number of ether oxygens (including phenoxy) is 2. The molecule has 0 spiro atoms. The number of aliphatic carboxylic acids is 1. The highest BCUT2D eigenvalue weighted by Crippen LogP contribution is 2.44. The molecule has 0 aliphatic carbocycles. The second-order valence-corrected chi connectivity index (χ2v) is 9.99. The van der Waals surface area contributed by atoms with Gasteiger partial charge in [0.15, 0.2) is 0 Å². The predicted molar refractivity (Wildman–Crippen MR) is 127 cm³/mol. The molecule has 1 aliphatic rings. The van der Waals surface area contributed by atoms with Crippen LogP contribution in [0.25, 0.3) is 0 Å². The molecule has 2 rings (SSSR count). The molecular formula is C27H42O4. The molecule has 0 radical (unpaired) electrons. The van der Waals surface area contributed by atoms with Crippen molar-refractivity contribution in [3.8, 4) is 11.5 Å². The van der Waals surface area contributed by atoms with Gasteiger partial charge in [-0.1, -0.05) is 46.1 Å². The van der Waals surface area contributed by atoms with Crippen molar-refractivity contribution < 1.29 is 19.4 Å². The summed E-state index contributed by atoms with van der Waals surface area (Å²) in [6.07, 6.45) is 11.4. The Labute approximate surface area is 189 Å². The smallest absolute Gasteiger partial charge is 0.306 e. The monoisotopic (exact) mass is 430 g/mol. The fourth-order valence-corrected chi connectivity index (χ4v) is 4.37. The van der Waals surface area contributed by atoms with Crippen molar-refractivity contribution in [1.82, 2.24) is 0 Å². The Morgan fingerprint density at radius 2 is 1.87 bits per heavy atom. The minimum atomic E-state index is -0.842. The van der Waals surface area contributed by atoms with Crippen molar-refractivity contribution in [1.29, 1.82) is 0 Å². The number of allylic oxidation sites excluding steroid dienone is 1. The lowest BCUT2D eigenvalue weighted by Crippen LogP contribution is -2.35. The lowest BCUT2D eigenvalue weighted by atomic mass is 9.86. The summed E-state index contributed by atoms with van der Waals surface area (Å²) in [7, 11) is 0. The molecule has 2 unspecified atom stereocenters. The first kappa shape index (κ1) is 25.3. The Balaban J connectivity index is 2.07. The van der Waals surface area contributed by atoms with Crippen LogP contribution in [0.4, 0.5) is 0 Å². The van der Waals surface area contributed by atoms with Crippen LogP contribution < -0.4 is 9.47 Å². The zero-order valence-electron chi connectivity index (χ0n) is 20.6. The minimum absolute atomic E-state index is 0.00424. The van der Waals surface area contributed by atoms with Gasteiger partial charge < -0.3 is 14.6 Å². The lowest BCUT2D eigenvalue weighted by Gasteiger charge is -2.36. The van der Waals surface area contributed by atoms with Crippen LogP contribution >= 0.6 is 0 Å². The first-order valence-corrected chi connectivity index (χ1v) is 11.9. The van der Waals surface area contributed by atoms with Crippen LogP contribution in [0, 0.1) is 32.6 Å². The normalized spacial score (nSPS) is 19.4. The molecule has 0 amide bonds. The summed E-state index contributed by atoms with van der Waals surface area (Å²) in [5.74, 6) is 2.44. The third-order valence-electron chi connectivity index (χ3n) is 6.57. The van der Waals surface area contributed by atoms with Crippen LogP contribution in [0.15, 0.2) is 12.2 Å². The van der Waals surface area contributed by atoms with Gasteiger partial charge in [-0.25, -0.2) is 0 Å². The highest BCUT2D eigenvalue weighted by Gasteiger charge is 2.33. The average molecular weight is 431 g/mol. The number of carboxylic acids is 1. The minimum Gasteiger partial charge on any atom is -0.492 e. The molecule has 1 heterocycles. The van der Waals surface area contributed by atoms with Crippen molar-refractivity contribution in [2.75, 3.05) is 6.61 Å². The van der Waals surface area contributed by atoms with Crippen LogP contribution in [0.5, 0.6) is 11.5 Å². The summed E-state index contributed by atoms with van der Waals surface area (Å²) in [6, 6.07) is 0. The number of benzene rings is 1. The van der Waals surface area contributed by atoms with Gasteiger partial charge in [0, 0.05) is 5.56 Å². The maximum Gasteiger partial charge on any atom is 0.306 e. The Kier molecular flexibility index (Phi) is 9.02. The first-order valence-electron chi connectivity index (χ1n) is 11.9. The van der Waals surface area contributed by atoms with Crippen molar-refractivity contribution in [3.05, 3.63) is 34.4 Å². The van der Waals surface area contributed by atoms with Gasteiger partial charge >= 0.3 is 5.97 Å². The first-order chi connectivity index (χ1) is 14.5. The van der Waals surface area contributed by atoms with Crippen LogP contribution in [0.3, 0.4) is 0 Å². The highest BCUT2D eigenvalue weighted by molar-refractivity contribution is 5.67. The summed E-state index contributed by atoms with van der Waals surface area (Å²) < 4.78 is 12.4. The topological polar surface area (TPSA) is 55.8 Å². The van der Waals surface area contributed by atoms with E-state index in [0.717, 1.165) is 53.4 Å². The zero-order valence-corrected chi connectivity index (χ0v) is 20.6. The molecule has 1 N–H and O–H groups in total. The summed E-state index contributed by atoms with van der Waals surface area (Å²) in [5, 5.41) is 8.90. The van der Waals surface area contributed by atoms with E-state index in [1.54, 1.807) is 0 Å². The molecule has 0 aromatic heterocycles. The van der Waals surface area contributed by atoms with Crippen molar-refractivity contribution >= 4 is 5.97 Å². The van der Waals surface area contributed by atoms with Crippen LogP contribution in [0.1, 0.15) is 88.5 Å². The second kappa shape index (κ2) is 11.1. The largest absolute Gasteiger partial charge is 0.492 e. The van der Waals surface area contributed by atoms with Gasteiger partial charge in [0.2, 0.25) is 0 Å². The summed E-state index contributed by atoms with van der Waals surface area (Å²) >= 11 is 0. The second-order valence-electron chi connectivity index (χ2n) is 9.99. The lowest BCUT2D eigenvalue weighted by molar-refractivity contribution is -0.137. The van der Waals surface area contributed by atoms with Gasteiger partial charge in [-0.05, 0) is 81.6 Å². The third kappa shape index (κ3) is 7.02. The van der Waals surface area contributed by atoms with Gasteiger partial charge in [0.1, 0.15) is 17.1 Å². The third-order valence-corrected chi connectivity index (χ3v) is 6.57. The molecule has 0 bridgehead atoms. The van der Waals surface area contributed by atoms with Gasteiger partial charge in [0.05, 0.1) is 13.0 Å². The molecule has 2 atom stereocenters. The average Bonchev–Trinajstić information content (AvgIpc) is 2.68. The Hall–Kier alpha value is -1.97. The molecule has 4 heteroatoms. The summed E-state index contributed by atoms with van der Waals surface area (Å²) in [5.41, 5.74) is 4.11. The molecule has 1 aromatic carbocycles. The van der Waals surface area contributed by atoms with E-state index >= 15 is 0 Å². The van der Waals surface area contributed by atoms with E-state index < -0.39 is 5.97 Å². The van der Waals surface area contributed by atoms with Gasteiger partial charge in [-0.2, -0.15) is 0 Å². The van der Waals surface area contributed by atoms with E-state index in [2.05, 4.69) is 53.7 Å². The molecule has 0 saturated heterocycles. The Morgan fingerprint density at radius 3 is 2.52 bits per heavy atom. The van der Waals surface area contributed by atoms with Crippen molar-refractivity contribution in [2.45, 2.75) is 99.0 Å². The van der Waals surface area contributed by atoms with Gasteiger partial charge in [0.25, 0.3) is 0 Å². The molecular weight excluding hydrogens is 388 g/mol. The molecule has 0 saturated carbocycles. The fourth-order valence-electron chi connectivity index (χ4n) is 4.37. The highest BCUT2D eigenvalue weighted by atomic mass is 16.5. The molecule has 174 valence electrons. The number of rotatable bonds is 11. The van der Waals surface area contributed by atoms with E-state index in [4.69, 9.17) is 14.6 Å². The fraction of sp³-hybridized carbons (Fsp3) is 0.667. The van der Waals surface area contributed by atoms with E-state index in [0.29, 0.717) is 5.92 Å². The zero-order chi connectivity index (χ0) is 23.2. The molecule has 1 aliphatic heterocycles. The van der Waals surface area contributed by atoms with Crippen molar-refractivity contribution in [3.63, 3.8) is 0 Å². The van der Waals surface area contributed by atoms with E-state index in [1.165, 1.54) is 24.8 Å². The van der Waals surface area contributed by atoms with Crippen LogP contribution in [0.2, 0.25) is 0 Å². The quantitative estimate of drug-likeness (QED) is 0.386. The standard InChI is InChI=1S/C27H42O4/c1-18(2)10-8-11-19(3)12-9-15-27(7)16-13-23-22(6)25(30-17-14-24(28)29)20(4)21(5)26(23)31-27/h9,15,18-19H,8,10-14,16-17H2,1-7H3,(H,28,29). The molecule has 31 heavy (non-hydrogen) atoms. The molecule has 0 fully saturated rings. The maximum atomic E-state index is 10.8. The number of carbonyl (C=O) groups is 1. The van der Waals surface area contributed by atoms with E-state index in [9.17, 15) is 4.79 Å². The molecule has 4 nitrogen and oxygen atoms in total. The Bertz CT molecular complexity index is 793. The van der Waals surface area contributed by atoms with Crippen molar-refractivity contribution in [2.24, 2.45) is 11.8 Å². The van der Waals surface area contributed by atoms with E-state index in [-0.39, 0.29) is 18.6 Å². The Morgan fingerprint density at radius 1 is 1.16 bits per heavy atom. The predicted octanol–water partition coefficient (Wildman–Crippen LogP) is 6.96. The maximum absolute atomic E-state index is 10.8. The number of hydrogen-bond donors (Lipinski definition) is 1. The van der Waals surface area contributed by atoms with Crippen LogP contribution in [-0.4, -0.2) is 23.3 Å². The van der Waals surface area contributed by atoms with Gasteiger partial charge in [-0.15, -0.1) is 0 Å². The number of carboxylic acid groups (broad SMARTS) is 1. The summed E-state index contributed by atoms with van der Waals surface area (Å²) in [4.78, 5) is 10.8. The SMILES string of the molecule is Cc1c(C)c2c(c(C)c1OCCC(=O)O)CCC(C)(C=CCC(C)CCCC(C)C)O2. The number of hydrogen-bond acceptors (Lipinski definition) is 3.